The van der Waals surface area contributed by atoms with Crippen LogP contribution in [0.4, 0.5) is 29.7 Å². The molecule has 0 fully saturated rings. The molecule has 0 aromatic carbocycles. The molecule has 0 spiro atoms. The Balaban J connectivity index is 0. The van der Waals surface area contributed by atoms with Gasteiger partial charge in [-0.1, -0.05) is 25.7 Å². The largest absolute Gasteiger partial charge is 0.412 e. The van der Waals surface area contributed by atoms with Crippen molar-refractivity contribution in [1.29, 1.82) is 0 Å². The van der Waals surface area contributed by atoms with Crippen LogP contribution in [0, 0.1) is 24.7 Å². The molecule has 13 nitrogen and oxygen atoms in total. The molecule has 0 saturated carbocycles. The normalized spacial score (nSPS) is 8.78. The van der Waals surface area contributed by atoms with Crippen LogP contribution in [0.5, 0.6) is 0 Å². The molecular weight excluding hydrogens is 436 g/mol. The van der Waals surface area contributed by atoms with E-state index < -0.39 is 0 Å². The van der Waals surface area contributed by atoms with Gasteiger partial charge in [-0.3, -0.25) is 0 Å². The minimum absolute atomic E-state index is 0. The molecule has 2 aromatic rings. The van der Waals surface area contributed by atoms with Gasteiger partial charge in [0, 0.05) is 13.1 Å². The molecule has 11 N–H and O–H groups in total. The Bertz CT molecular complexity index is 797. The van der Waals surface area contributed by atoms with Crippen molar-refractivity contribution in [3.05, 3.63) is 5.28 Å². The van der Waals surface area contributed by atoms with E-state index in [1.54, 1.807) is 0 Å². The SMILES string of the molecule is C#CCNc1nc(Cl)nc(NCCC)n1.C#CCNc1nc(N)nc(NCCC)n1.N.O. The lowest BCUT2D eigenvalue weighted by atomic mass is 10.5. The number of hydrogen-bond acceptors (Lipinski definition) is 12. The van der Waals surface area contributed by atoms with E-state index in [2.05, 4.69) is 69.9 Å². The third kappa shape index (κ3) is 12.8. The topological polar surface area (TPSA) is 218 Å². The molecule has 0 atom stereocenters. The summed E-state index contributed by atoms with van der Waals surface area (Å²) in [6, 6.07) is 0. The molecule has 2 aromatic heterocycles. The number of hydrogen-bond donors (Lipinski definition) is 6. The van der Waals surface area contributed by atoms with Gasteiger partial charge < -0.3 is 38.6 Å². The fourth-order valence-corrected chi connectivity index (χ4v) is 1.95. The average Bonchev–Trinajstić information content (AvgIpc) is 2.73. The highest BCUT2D eigenvalue weighted by Crippen LogP contribution is 2.09. The minimum atomic E-state index is 0. The Morgan fingerprint density at radius 1 is 0.750 bits per heavy atom. The van der Waals surface area contributed by atoms with Gasteiger partial charge in [0.25, 0.3) is 0 Å². The number of aromatic nitrogens is 6. The van der Waals surface area contributed by atoms with Crippen LogP contribution in [-0.2, 0) is 0 Å². The maximum atomic E-state index is 5.71. The van der Waals surface area contributed by atoms with Crippen molar-refractivity contribution in [2.75, 3.05) is 53.2 Å². The molecule has 32 heavy (non-hydrogen) atoms. The summed E-state index contributed by atoms with van der Waals surface area (Å²) < 4.78 is 0. The molecule has 0 radical (unpaired) electrons. The number of nitrogen functional groups attached to an aromatic ring is 1. The Kier molecular flexibility index (Phi) is 17.3. The van der Waals surface area contributed by atoms with Crippen LogP contribution >= 0.6 is 11.6 Å². The smallest absolute Gasteiger partial charge is 0.230 e. The first-order valence-corrected chi connectivity index (χ1v) is 9.65. The molecule has 0 aliphatic carbocycles. The van der Waals surface area contributed by atoms with Crippen LogP contribution in [0.25, 0.3) is 0 Å². The van der Waals surface area contributed by atoms with E-state index in [0.717, 1.165) is 25.9 Å². The number of rotatable bonds is 10. The zero-order valence-corrected chi connectivity index (χ0v) is 19.0. The quantitative estimate of drug-likeness (QED) is 0.270. The van der Waals surface area contributed by atoms with Crippen LogP contribution in [0.3, 0.4) is 0 Å². The van der Waals surface area contributed by atoms with Crippen molar-refractivity contribution in [1.82, 2.24) is 36.1 Å². The lowest BCUT2D eigenvalue weighted by Gasteiger charge is -2.06. The molecule has 0 unspecified atom stereocenters. The average molecular weight is 467 g/mol. The van der Waals surface area contributed by atoms with Gasteiger partial charge in [-0.15, -0.1) is 12.8 Å². The van der Waals surface area contributed by atoms with E-state index >= 15 is 0 Å². The first-order chi connectivity index (χ1) is 14.5. The van der Waals surface area contributed by atoms with Crippen LogP contribution < -0.4 is 33.2 Å². The van der Waals surface area contributed by atoms with Crippen molar-refractivity contribution in [2.24, 2.45) is 0 Å². The number of nitrogens with one attached hydrogen (secondary N) is 4. The third-order valence-electron chi connectivity index (χ3n) is 3.02. The van der Waals surface area contributed by atoms with Gasteiger partial charge in [-0.25, -0.2) is 0 Å². The van der Waals surface area contributed by atoms with Crippen molar-refractivity contribution in [3.8, 4) is 24.7 Å². The summed E-state index contributed by atoms with van der Waals surface area (Å²) in [6.45, 7) is 6.39. The third-order valence-corrected chi connectivity index (χ3v) is 3.19. The molecule has 0 amide bonds. The zero-order valence-electron chi connectivity index (χ0n) is 18.2. The molecule has 0 aliphatic heterocycles. The second-order valence-electron chi connectivity index (χ2n) is 5.56. The number of nitrogens with two attached hydrogens (primary N) is 1. The molecule has 0 bridgehead atoms. The van der Waals surface area contributed by atoms with E-state index in [-0.39, 0.29) is 22.9 Å². The molecule has 2 heterocycles. The molecule has 176 valence electrons. The van der Waals surface area contributed by atoms with Crippen LogP contribution in [0.1, 0.15) is 26.7 Å². The van der Waals surface area contributed by atoms with Gasteiger partial charge in [0.15, 0.2) is 0 Å². The lowest BCUT2D eigenvalue weighted by Crippen LogP contribution is -2.11. The van der Waals surface area contributed by atoms with E-state index in [4.69, 9.17) is 30.2 Å². The van der Waals surface area contributed by atoms with Crippen LogP contribution in [0.2, 0.25) is 5.28 Å². The summed E-state index contributed by atoms with van der Waals surface area (Å²) in [4.78, 5) is 23.8. The van der Waals surface area contributed by atoms with Crippen molar-refractivity contribution in [3.63, 3.8) is 0 Å². The summed E-state index contributed by atoms with van der Waals surface area (Å²) in [6.07, 6.45) is 12.2. The summed E-state index contributed by atoms with van der Waals surface area (Å²) >= 11 is 5.71. The second-order valence-corrected chi connectivity index (χ2v) is 5.90. The zero-order chi connectivity index (χ0) is 22.2. The maximum absolute atomic E-state index is 5.71. The highest BCUT2D eigenvalue weighted by atomic mass is 35.5. The Hall–Kier alpha value is -3.65. The number of nitrogens with zero attached hydrogens (tertiary/aromatic N) is 6. The molecule has 0 aliphatic rings. The van der Waals surface area contributed by atoms with Gasteiger partial charge in [-0.2, -0.15) is 29.9 Å². The highest BCUT2D eigenvalue weighted by Gasteiger charge is 2.03. The number of terminal acetylenes is 2. The maximum Gasteiger partial charge on any atom is 0.230 e. The van der Waals surface area contributed by atoms with Crippen molar-refractivity contribution in [2.45, 2.75) is 26.7 Å². The van der Waals surface area contributed by atoms with Gasteiger partial charge in [0.05, 0.1) is 13.1 Å². The van der Waals surface area contributed by atoms with E-state index in [9.17, 15) is 0 Å². The minimum Gasteiger partial charge on any atom is -0.412 e. The van der Waals surface area contributed by atoms with Gasteiger partial charge in [-0.05, 0) is 24.4 Å². The fourth-order valence-electron chi connectivity index (χ4n) is 1.79. The Labute approximate surface area is 193 Å². The Morgan fingerprint density at radius 3 is 1.53 bits per heavy atom. The standard InChI is InChI=1S/C9H12ClN5.C9H14N6.H3N.H2O/c2*1-3-5-11-8-13-7(10)14-9(15-8)12-6-4-2;;/h1H,4-6H2,2H3,(H2,11,12,13,14,15);1H,4-6H2,2H3,(H4,10,11,12,13,14,15);1H3;1H2. The van der Waals surface area contributed by atoms with Gasteiger partial charge >= 0.3 is 0 Å². The van der Waals surface area contributed by atoms with E-state index in [1.807, 2.05) is 6.92 Å². The van der Waals surface area contributed by atoms with Crippen molar-refractivity contribution < 1.29 is 5.48 Å². The van der Waals surface area contributed by atoms with Gasteiger partial charge in [0.1, 0.15) is 0 Å². The lowest BCUT2D eigenvalue weighted by molar-refractivity contribution is 0.824. The summed E-state index contributed by atoms with van der Waals surface area (Å²) in [5.74, 6) is 6.70. The first kappa shape index (κ1) is 30.5. The molecule has 2 rings (SSSR count). The predicted octanol–water partition coefficient (Wildman–Crippen LogP) is 1.05. The summed E-state index contributed by atoms with van der Waals surface area (Å²) in [5, 5.41) is 11.8. The van der Waals surface area contributed by atoms with Crippen LogP contribution in [0.15, 0.2) is 0 Å². The monoisotopic (exact) mass is 466 g/mol. The van der Waals surface area contributed by atoms with Crippen molar-refractivity contribution >= 4 is 41.3 Å². The second kappa shape index (κ2) is 18.1. The molecule has 0 saturated heterocycles. The highest BCUT2D eigenvalue weighted by molar-refractivity contribution is 6.28. The van der Waals surface area contributed by atoms with Gasteiger partial charge in [0.2, 0.25) is 35.0 Å². The molecular formula is C18H31ClN12O. The summed E-state index contributed by atoms with van der Waals surface area (Å²) in [5.41, 5.74) is 5.51. The number of anilines is 5. The fraction of sp³-hybridized carbons (Fsp3) is 0.444. The summed E-state index contributed by atoms with van der Waals surface area (Å²) in [7, 11) is 0. The predicted molar refractivity (Wildman–Crippen MR) is 130 cm³/mol. The molecule has 14 heteroatoms. The Morgan fingerprint density at radius 2 is 1.12 bits per heavy atom. The number of halogens is 1. The van der Waals surface area contributed by atoms with E-state index in [0.29, 0.717) is 36.9 Å². The first-order valence-electron chi connectivity index (χ1n) is 9.27. The van der Waals surface area contributed by atoms with Crippen LogP contribution in [-0.4, -0.2) is 61.6 Å². The van der Waals surface area contributed by atoms with E-state index in [1.165, 1.54) is 0 Å².